The first-order chi connectivity index (χ1) is 12.0. The zero-order valence-corrected chi connectivity index (χ0v) is 14.5. The average Bonchev–Trinajstić information content (AvgIpc) is 2.79. The SMILES string of the molecule is CN1CCN(C(=O)COc2ccc(F)cc2)CC12CCNC(=O)CC2. The molecule has 1 N–H and O–H groups in total. The molecule has 2 aliphatic heterocycles. The summed E-state index contributed by atoms with van der Waals surface area (Å²) in [6, 6.07) is 5.63. The number of hydrogen-bond acceptors (Lipinski definition) is 4. The number of piperazine rings is 1. The number of rotatable bonds is 3. The van der Waals surface area contributed by atoms with Gasteiger partial charge in [-0.3, -0.25) is 14.5 Å². The largest absolute Gasteiger partial charge is 0.484 e. The number of ether oxygens (including phenoxy) is 1. The highest BCUT2D eigenvalue weighted by Gasteiger charge is 2.42. The van der Waals surface area contributed by atoms with Crippen LogP contribution in [0.4, 0.5) is 4.39 Å². The fourth-order valence-corrected chi connectivity index (χ4v) is 3.58. The Morgan fingerprint density at radius 2 is 2.04 bits per heavy atom. The molecule has 2 heterocycles. The molecular formula is C18H24FN3O3. The Labute approximate surface area is 146 Å². The van der Waals surface area contributed by atoms with Crippen LogP contribution in [0.3, 0.4) is 0 Å². The maximum atomic E-state index is 12.9. The molecular weight excluding hydrogens is 325 g/mol. The lowest BCUT2D eigenvalue weighted by Gasteiger charge is -2.49. The summed E-state index contributed by atoms with van der Waals surface area (Å²) in [5, 5.41) is 2.91. The number of nitrogens with one attached hydrogen (secondary N) is 1. The van der Waals surface area contributed by atoms with Gasteiger partial charge in [-0.25, -0.2) is 4.39 Å². The van der Waals surface area contributed by atoms with Crippen LogP contribution in [0.1, 0.15) is 19.3 Å². The van der Waals surface area contributed by atoms with Gasteiger partial charge in [0.05, 0.1) is 0 Å². The lowest BCUT2D eigenvalue weighted by atomic mass is 9.86. The van der Waals surface area contributed by atoms with Gasteiger partial charge in [-0.05, 0) is 44.2 Å². The summed E-state index contributed by atoms with van der Waals surface area (Å²) < 4.78 is 18.4. The molecule has 1 spiro atoms. The van der Waals surface area contributed by atoms with E-state index < -0.39 is 0 Å². The first-order valence-electron chi connectivity index (χ1n) is 8.63. The van der Waals surface area contributed by atoms with Crippen LogP contribution < -0.4 is 10.1 Å². The third-order valence-corrected chi connectivity index (χ3v) is 5.26. The van der Waals surface area contributed by atoms with Gasteiger partial charge in [0.1, 0.15) is 11.6 Å². The molecule has 0 aromatic heterocycles. The van der Waals surface area contributed by atoms with E-state index in [9.17, 15) is 14.0 Å². The molecule has 2 fully saturated rings. The second kappa shape index (κ2) is 7.39. The van der Waals surface area contributed by atoms with Crippen molar-refractivity contribution in [3.8, 4) is 5.75 Å². The van der Waals surface area contributed by atoms with Crippen LogP contribution in [0.25, 0.3) is 0 Å². The number of carbonyl (C=O) groups is 2. The van der Waals surface area contributed by atoms with Crippen LogP contribution in [0.2, 0.25) is 0 Å². The van der Waals surface area contributed by atoms with Crippen molar-refractivity contribution >= 4 is 11.8 Å². The summed E-state index contributed by atoms with van der Waals surface area (Å²) in [7, 11) is 2.06. The molecule has 3 rings (SSSR count). The highest BCUT2D eigenvalue weighted by molar-refractivity contribution is 5.78. The molecule has 0 radical (unpaired) electrons. The first-order valence-corrected chi connectivity index (χ1v) is 8.63. The third-order valence-electron chi connectivity index (χ3n) is 5.26. The summed E-state index contributed by atoms with van der Waals surface area (Å²) in [6.45, 7) is 2.59. The van der Waals surface area contributed by atoms with Crippen molar-refractivity contribution < 1.29 is 18.7 Å². The zero-order chi connectivity index (χ0) is 17.9. The van der Waals surface area contributed by atoms with Gasteiger partial charge in [0.2, 0.25) is 5.91 Å². The highest BCUT2D eigenvalue weighted by Crippen LogP contribution is 2.30. The van der Waals surface area contributed by atoms with Crippen LogP contribution in [0, 0.1) is 5.82 Å². The minimum absolute atomic E-state index is 0.0669. The van der Waals surface area contributed by atoms with Crippen LogP contribution in [-0.2, 0) is 9.59 Å². The van der Waals surface area contributed by atoms with Gasteiger partial charge in [-0.15, -0.1) is 0 Å². The van der Waals surface area contributed by atoms with Crippen LogP contribution in [0.5, 0.6) is 5.75 Å². The summed E-state index contributed by atoms with van der Waals surface area (Å²) in [4.78, 5) is 28.3. The summed E-state index contributed by atoms with van der Waals surface area (Å²) >= 11 is 0. The van der Waals surface area contributed by atoms with Crippen molar-refractivity contribution in [3.63, 3.8) is 0 Å². The van der Waals surface area contributed by atoms with Crippen molar-refractivity contribution in [3.05, 3.63) is 30.1 Å². The summed E-state index contributed by atoms with van der Waals surface area (Å²) in [5.41, 5.74) is -0.164. The standard InChI is InChI=1S/C18H24FN3O3/c1-21-10-11-22(13-18(21)7-6-16(23)20-9-8-18)17(24)12-25-15-4-2-14(19)3-5-15/h2-5H,6-13H2,1H3,(H,20,23). The van der Waals surface area contributed by atoms with Gasteiger partial charge >= 0.3 is 0 Å². The van der Waals surface area contributed by atoms with Crippen molar-refractivity contribution in [2.24, 2.45) is 0 Å². The molecule has 25 heavy (non-hydrogen) atoms. The maximum Gasteiger partial charge on any atom is 0.260 e. The predicted molar refractivity (Wildman–Crippen MR) is 90.7 cm³/mol. The molecule has 2 aliphatic rings. The van der Waals surface area contributed by atoms with Crippen LogP contribution in [0.15, 0.2) is 24.3 Å². The molecule has 0 saturated carbocycles. The molecule has 0 bridgehead atoms. The fourth-order valence-electron chi connectivity index (χ4n) is 3.58. The number of benzene rings is 1. The lowest BCUT2D eigenvalue weighted by Crippen LogP contribution is -2.62. The number of likely N-dealkylation sites (N-methyl/N-ethyl adjacent to an activating group) is 1. The van der Waals surface area contributed by atoms with E-state index in [4.69, 9.17) is 4.74 Å². The van der Waals surface area contributed by atoms with E-state index in [0.29, 0.717) is 31.8 Å². The summed E-state index contributed by atoms with van der Waals surface area (Å²) in [6.07, 6.45) is 2.06. The highest BCUT2D eigenvalue weighted by atomic mass is 19.1. The number of hydrogen-bond donors (Lipinski definition) is 1. The van der Waals surface area contributed by atoms with Gasteiger partial charge in [0.25, 0.3) is 5.91 Å². The van der Waals surface area contributed by atoms with E-state index in [2.05, 4.69) is 17.3 Å². The second-order valence-electron chi connectivity index (χ2n) is 6.80. The zero-order valence-electron chi connectivity index (χ0n) is 14.5. The normalized spacial score (nSPS) is 24.7. The van der Waals surface area contributed by atoms with Gasteiger partial charge in [0, 0.05) is 38.1 Å². The second-order valence-corrected chi connectivity index (χ2v) is 6.80. The van der Waals surface area contributed by atoms with E-state index in [1.807, 2.05) is 4.90 Å². The number of carbonyl (C=O) groups excluding carboxylic acids is 2. The molecule has 1 aromatic carbocycles. The van der Waals surface area contributed by atoms with Crippen molar-refractivity contribution in [1.29, 1.82) is 0 Å². The lowest BCUT2D eigenvalue weighted by molar-refractivity contribution is -0.139. The number of amides is 2. The van der Waals surface area contributed by atoms with E-state index in [1.165, 1.54) is 24.3 Å². The molecule has 2 amide bonds. The van der Waals surface area contributed by atoms with Crippen molar-refractivity contribution in [1.82, 2.24) is 15.1 Å². The molecule has 1 atom stereocenters. The Kier molecular flexibility index (Phi) is 5.22. The smallest absolute Gasteiger partial charge is 0.260 e. The van der Waals surface area contributed by atoms with E-state index in [0.717, 1.165) is 19.4 Å². The van der Waals surface area contributed by atoms with E-state index in [-0.39, 0.29) is 29.8 Å². The Morgan fingerprint density at radius 1 is 1.28 bits per heavy atom. The topological polar surface area (TPSA) is 61.9 Å². The quantitative estimate of drug-likeness (QED) is 0.885. The van der Waals surface area contributed by atoms with Crippen LogP contribution >= 0.6 is 0 Å². The van der Waals surface area contributed by atoms with Gasteiger partial charge in [-0.1, -0.05) is 0 Å². The molecule has 7 heteroatoms. The number of nitrogens with zero attached hydrogens (tertiary/aromatic N) is 2. The Bertz CT molecular complexity index is 637. The Morgan fingerprint density at radius 3 is 2.80 bits per heavy atom. The number of halogens is 1. The average molecular weight is 349 g/mol. The fraction of sp³-hybridized carbons (Fsp3) is 0.556. The molecule has 0 aliphatic carbocycles. The van der Waals surface area contributed by atoms with Gasteiger partial charge < -0.3 is 15.0 Å². The predicted octanol–water partition coefficient (Wildman–Crippen LogP) is 1.02. The van der Waals surface area contributed by atoms with E-state index >= 15 is 0 Å². The third kappa shape index (κ3) is 4.10. The Hall–Kier alpha value is -2.15. The first kappa shape index (κ1) is 17.7. The van der Waals surface area contributed by atoms with Crippen LogP contribution in [-0.4, -0.2) is 67.0 Å². The van der Waals surface area contributed by atoms with Gasteiger partial charge in [-0.2, -0.15) is 0 Å². The molecule has 2 saturated heterocycles. The van der Waals surface area contributed by atoms with Crippen molar-refractivity contribution in [2.45, 2.75) is 24.8 Å². The maximum absolute atomic E-state index is 12.9. The molecule has 1 aromatic rings. The van der Waals surface area contributed by atoms with Gasteiger partial charge in [0.15, 0.2) is 6.61 Å². The molecule has 1 unspecified atom stereocenters. The molecule has 6 nitrogen and oxygen atoms in total. The minimum Gasteiger partial charge on any atom is -0.484 e. The van der Waals surface area contributed by atoms with Crippen molar-refractivity contribution in [2.75, 3.05) is 39.8 Å². The Balaban J connectivity index is 1.61. The van der Waals surface area contributed by atoms with E-state index in [1.54, 1.807) is 0 Å². The monoisotopic (exact) mass is 349 g/mol. The summed E-state index contributed by atoms with van der Waals surface area (Å²) in [5.74, 6) is 0.132. The molecule has 136 valence electrons. The minimum atomic E-state index is -0.337.